The van der Waals surface area contributed by atoms with Crippen LogP contribution in [0.15, 0.2) is 90.3 Å². The molecule has 1 fully saturated rings. The number of nitrogens with zero attached hydrogens (tertiary/aromatic N) is 1. The Morgan fingerprint density at radius 3 is 2.38 bits per heavy atom. The van der Waals surface area contributed by atoms with Gasteiger partial charge in [0.15, 0.2) is 11.6 Å². The summed E-state index contributed by atoms with van der Waals surface area (Å²) >= 11 is 1.37. The summed E-state index contributed by atoms with van der Waals surface area (Å²) < 4.78 is 0. The summed E-state index contributed by atoms with van der Waals surface area (Å²) in [4.78, 5) is 46.4. The predicted octanol–water partition coefficient (Wildman–Crippen LogP) is 6.61. The SMILES string of the molecule is CC1=CC2N(c3ccc(C)cc31)C(C(=O)c1cccs1)C(C(=O)c1ccc(C)cc1)C21C(=O)Nc2ccccc21. The number of carbonyl (C=O) groups is 3. The molecular formula is C34H28N2O3S. The van der Waals surface area contributed by atoms with Gasteiger partial charge in [-0.2, -0.15) is 0 Å². The molecular weight excluding hydrogens is 516 g/mol. The van der Waals surface area contributed by atoms with Crippen LogP contribution < -0.4 is 10.2 Å². The number of amides is 1. The third-order valence-electron chi connectivity index (χ3n) is 8.78. The first-order valence-corrected chi connectivity index (χ1v) is 14.4. The van der Waals surface area contributed by atoms with Gasteiger partial charge in [0.2, 0.25) is 5.91 Å². The molecule has 0 radical (unpaired) electrons. The Labute approximate surface area is 237 Å². The van der Waals surface area contributed by atoms with E-state index in [0.717, 1.165) is 33.5 Å². The lowest BCUT2D eigenvalue weighted by atomic mass is 9.64. The first-order valence-electron chi connectivity index (χ1n) is 13.5. The largest absolute Gasteiger partial charge is 0.352 e. The molecule has 7 rings (SSSR count). The molecule has 3 aromatic carbocycles. The van der Waals surface area contributed by atoms with Crippen molar-refractivity contribution in [3.8, 4) is 0 Å². The molecule has 1 amide bonds. The zero-order valence-electron chi connectivity index (χ0n) is 22.5. The van der Waals surface area contributed by atoms with Crippen molar-refractivity contribution in [3.63, 3.8) is 0 Å². The number of fused-ring (bicyclic) bond motifs is 6. The summed E-state index contributed by atoms with van der Waals surface area (Å²) in [5.41, 5.74) is 5.74. The summed E-state index contributed by atoms with van der Waals surface area (Å²) in [6.07, 6.45) is 2.10. The number of ketones is 2. The number of carbonyl (C=O) groups excluding carboxylic acids is 3. The van der Waals surface area contributed by atoms with Gasteiger partial charge in [-0.3, -0.25) is 14.4 Å². The lowest BCUT2D eigenvalue weighted by Crippen LogP contribution is -2.51. The zero-order chi connectivity index (χ0) is 27.8. The van der Waals surface area contributed by atoms with Crippen LogP contribution in [0.2, 0.25) is 0 Å². The van der Waals surface area contributed by atoms with Crippen molar-refractivity contribution in [3.05, 3.63) is 123 Å². The van der Waals surface area contributed by atoms with Gasteiger partial charge < -0.3 is 10.2 Å². The molecule has 1 aromatic heterocycles. The van der Waals surface area contributed by atoms with Crippen molar-refractivity contribution < 1.29 is 14.4 Å². The van der Waals surface area contributed by atoms with Crippen LogP contribution in [0.1, 0.15) is 49.2 Å². The van der Waals surface area contributed by atoms with Crippen LogP contribution in [-0.4, -0.2) is 29.6 Å². The summed E-state index contributed by atoms with van der Waals surface area (Å²) in [6.45, 7) is 6.07. The normalized spacial score (nSPS) is 24.3. The van der Waals surface area contributed by atoms with Gasteiger partial charge in [0.1, 0.15) is 11.5 Å². The van der Waals surface area contributed by atoms with E-state index in [9.17, 15) is 14.4 Å². The highest BCUT2D eigenvalue weighted by molar-refractivity contribution is 7.12. The molecule has 1 saturated heterocycles. The van der Waals surface area contributed by atoms with Crippen molar-refractivity contribution in [2.45, 2.75) is 38.3 Å². The van der Waals surface area contributed by atoms with Crippen LogP contribution in [0, 0.1) is 19.8 Å². The van der Waals surface area contributed by atoms with E-state index in [2.05, 4.69) is 22.4 Å². The highest BCUT2D eigenvalue weighted by Gasteiger charge is 2.70. The molecule has 4 unspecified atom stereocenters. The van der Waals surface area contributed by atoms with Crippen molar-refractivity contribution >= 4 is 45.8 Å². The van der Waals surface area contributed by atoms with Gasteiger partial charge in [-0.1, -0.05) is 71.8 Å². The van der Waals surface area contributed by atoms with Crippen LogP contribution >= 0.6 is 11.3 Å². The Hall–Kier alpha value is -4.29. The van der Waals surface area contributed by atoms with Crippen molar-refractivity contribution in [2.24, 2.45) is 5.92 Å². The number of anilines is 2. The van der Waals surface area contributed by atoms with E-state index in [1.807, 2.05) is 98.9 Å². The lowest BCUT2D eigenvalue weighted by Gasteiger charge is -2.39. The molecule has 4 aromatic rings. The maximum Gasteiger partial charge on any atom is 0.238 e. The van der Waals surface area contributed by atoms with Crippen LogP contribution in [0.25, 0.3) is 5.57 Å². The van der Waals surface area contributed by atoms with Crippen LogP contribution in [0.4, 0.5) is 11.4 Å². The van der Waals surface area contributed by atoms with Crippen molar-refractivity contribution in [2.75, 3.05) is 10.2 Å². The maximum absolute atomic E-state index is 14.8. The molecule has 198 valence electrons. The number of benzene rings is 3. The fourth-order valence-electron chi connectivity index (χ4n) is 7.01. The van der Waals surface area contributed by atoms with E-state index in [-0.39, 0.29) is 17.5 Å². The first kappa shape index (κ1) is 24.7. The highest BCUT2D eigenvalue weighted by Crippen LogP contribution is 2.59. The van der Waals surface area contributed by atoms with Crippen LogP contribution in [0.5, 0.6) is 0 Å². The van der Waals surface area contributed by atoms with Gasteiger partial charge in [-0.25, -0.2) is 0 Å². The minimum atomic E-state index is -1.29. The van der Waals surface area contributed by atoms with Gasteiger partial charge in [0.05, 0.1) is 16.8 Å². The summed E-state index contributed by atoms with van der Waals surface area (Å²) in [7, 11) is 0. The third kappa shape index (κ3) is 3.29. The van der Waals surface area contributed by atoms with E-state index < -0.39 is 23.4 Å². The van der Waals surface area contributed by atoms with Gasteiger partial charge >= 0.3 is 0 Å². The number of thiophene rings is 1. The van der Waals surface area contributed by atoms with Crippen molar-refractivity contribution in [1.82, 2.24) is 0 Å². The number of allylic oxidation sites excluding steroid dienone is 1. The number of nitrogens with one attached hydrogen (secondary N) is 1. The number of aryl methyl sites for hydroxylation is 2. The molecule has 1 spiro atoms. The van der Waals surface area contributed by atoms with Gasteiger partial charge in [0.25, 0.3) is 0 Å². The second-order valence-corrected chi connectivity index (χ2v) is 12.0. The Morgan fingerprint density at radius 1 is 0.875 bits per heavy atom. The lowest BCUT2D eigenvalue weighted by molar-refractivity contribution is -0.121. The topological polar surface area (TPSA) is 66.5 Å². The summed E-state index contributed by atoms with van der Waals surface area (Å²) in [6, 6.07) is 23.5. The molecule has 1 N–H and O–H groups in total. The second kappa shape index (κ2) is 8.86. The summed E-state index contributed by atoms with van der Waals surface area (Å²) in [5.74, 6) is -1.53. The molecule has 0 bridgehead atoms. The van der Waals surface area contributed by atoms with E-state index in [1.54, 1.807) is 0 Å². The van der Waals surface area contributed by atoms with E-state index in [0.29, 0.717) is 16.1 Å². The molecule has 5 nitrogen and oxygen atoms in total. The van der Waals surface area contributed by atoms with Gasteiger partial charge in [0, 0.05) is 22.5 Å². The van der Waals surface area contributed by atoms with Crippen LogP contribution in [0.3, 0.4) is 0 Å². The predicted molar refractivity (Wildman–Crippen MR) is 159 cm³/mol. The molecule has 3 aliphatic heterocycles. The molecule has 0 saturated carbocycles. The monoisotopic (exact) mass is 544 g/mol. The molecule has 4 heterocycles. The van der Waals surface area contributed by atoms with Gasteiger partial charge in [-0.15, -0.1) is 11.3 Å². The number of rotatable bonds is 4. The highest BCUT2D eigenvalue weighted by atomic mass is 32.1. The fraction of sp³-hybridized carbons (Fsp3) is 0.206. The zero-order valence-corrected chi connectivity index (χ0v) is 23.3. The second-order valence-electron chi connectivity index (χ2n) is 11.1. The Balaban J connectivity index is 1.56. The number of hydrogen-bond donors (Lipinski definition) is 1. The average molecular weight is 545 g/mol. The summed E-state index contributed by atoms with van der Waals surface area (Å²) in [5, 5.41) is 4.97. The van der Waals surface area contributed by atoms with Crippen molar-refractivity contribution in [1.29, 1.82) is 0 Å². The fourth-order valence-corrected chi connectivity index (χ4v) is 7.71. The Morgan fingerprint density at radius 2 is 1.62 bits per heavy atom. The molecule has 40 heavy (non-hydrogen) atoms. The Bertz CT molecular complexity index is 1740. The smallest absolute Gasteiger partial charge is 0.238 e. The van der Waals surface area contributed by atoms with Gasteiger partial charge in [-0.05, 0) is 61.6 Å². The molecule has 0 aliphatic carbocycles. The number of hydrogen-bond acceptors (Lipinski definition) is 5. The quantitative estimate of drug-likeness (QED) is 0.294. The Kier molecular flexibility index (Phi) is 5.48. The minimum Gasteiger partial charge on any atom is -0.352 e. The average Bonchev–Trinajstić information content (AvgIpc) is 3.66. The first-order chi connectivity index (χ1) is 19.3. The minimum absolute atomic E-state index is 0.140. The van der Waals surface area contributed by atoms with E-state index >= 15 is 0 Å². The van der Waals surface area contributed by atoms with E-state index in [1.165, 1.54) is 11.3 Å². The number of para-hydroxylation sites is 1. The molecule has 3 aliphatic rings. The number of Topliss-reactive ketones (excluding diaryl/α,β-unsaturated/α-hetero) is 2. The van der Waals surface area contributed by atoms with Crippen LogP contribution in [-0.2, 0) is 10.2 Å². The third-order valence-corrected chi connectivity index (χ3v) is 9.67. The van der Waals surface area contributed by atoms with E-state index in [4.69, 9.17) is 0 Å². The molecule has 6 heteroatoms. The maximum atomic E-state index is 14.8. The standard InChI is InChI=1S/C34H28N2O3S/c1-19-10-13-22(14-11-19)31(37)29-30(32(38)27-9-6-16-40-27)36-26-15-12-20(2)17-23(26)21(3)18-28(36)34(29)24-7-4-5-8-25(24)35-33(34)39/h4-18,28-30H,1-3H3,(H,35,39). The molecule has 4 atom stereocenters.